The minimum atomic E-state index is -4.24. The summed E-state index contributed by atoms with van der Waals surface area (Å²) in [6.45, 7) is 0. The average Bonchev–Trinajstić information content (AvgIpc) is 2.54. The van der Waals surface area contributed by atoms with Gasteiger partial charge < -0.3 is 10.3 Å². The fourth-order valence-electron chi connectivity index (χ4n) is 3.20. The molecule has 0 unspecified atom stereocenters. The Morgan fingerprint density at radius 3 is 2.71 bits per heavy atom. The summed E-state index contributed by atoms with van der Waals surface area (Å²) in [6.07, 6.45) is -3.32. The van der Waals surface area contributed by atoms with Crippen LogP contribution in [-0.2, 0) is 0 Å². The van der Waals surface area contributed by atoms with E-state index in [1.807, 2.05) is 0 Å². The molecule has 3 rings (SSSR count). The summed E-state index contributed by atoms with van der Waals surface area (Å²) >= 11 is 0. The van der Waals surface area contributed by atoms with Gasteiger partial charge in [0, 0.05) is 23.0 Å². The van der Waals surface area contributed by atoms with E-state index in [1.54, 1.807) is 24.3 Å². The Morgan fingerprint density at radius 1 is 1.21 bits per heavy atom. The van der Waals surface area contributed by atoms with E-state index in [2.05, 4.69) is 10.3 Å². The minimum absolute atomic E-state index is 0.0628. The van der Waals surface area contributed by atoms with E-state index in [0.717, 1.165) is 0 Å². The number of benzene rings is 1. The van der Waals surface area contributed by atoms with Crippen LogP contribution in [0.5, 0.6) is 0 Å². The van der Waals surface area contributed by atoms with Crippen molar-refractivity contribution >= 4 is 16.8 Å². The van der Waals surface area contributed by atoms with Crippen molar-refractivity contribution in [3.8, 4) is 0 Å². The second-order valence-corrected chi connectivity index (χ2v) is 6.17. The standard InChI is InChI=1S/C17H17F3N2O2/c18-17(19,20)10-4-3-5-11(8-10)21-16(24)14-9-15(23)12-6-1-2-7-13(12)22-14/h1-2,6-7,9-11H,3-5,8H2,(H,21,24)(H,22,23)/t10-,11-/m1/s1. The van der Waals surface area contributed by atoms with E-state index in [1.165, 1.54) is 6.07 Å². The van der Waals surface area contributed by atoms with Crippen LogP contribution in [0.4, 0.5) is 13.2 Å². The quantitative estimate of drug-likeness (QED) is 0.882. The number of hydrogen-bond acceptors (Lipinski definition) is 2. The highest BCUT2D eigenvalue weighted by Crippen LogP contribution is 2.37. The first-order valence-corrected chi connectivity index (χ1v) is 7.84. The van der Waals surface area contributed by atoms with E-state index < -0.39 is 24.0 Å². The molecule has 1 amide bonds. The van der Waals surface area contributed by atoms with Gasteiger partial charge in [-0.05, 0) is 31.4 Å². The number of aromatic amines is 1. The third-order valence-corrected chi connectivity index (χ3v) is 4.45. The average molecular weight is 338 g/mol. The number of halogens is 3. The predicted molar refractivity (Wildman–Crippen MR) is 83.8 cm³/mol. The first-order chi connectivity index (χ1) is 11.3. The molecule has 1 fully saturated rings. The molecule has 128 valence electrons. The molecule has 0 saturated heterocycles. The van der Waals surface area contributed by atoms with E-state index in [4.69, 9.17) is 0 Å². The molecule has 1 saturated carbocycles. The molecule has 0 spiro atoms. The van der Waals surface area contributed by atoms with E-state index >= 15 is 0 Å². The number of carbonyl (C=O) groups excluding carboxylic acids is 1. The molecule has 2 aromatic rings. The van der Waals surface area contributed by atoms with Crippen molar-refractivity contribution in [1.29, 1.82) is 0 Å². The van der Waals surface area contributed by atoms with Gasteiger partial charge >= 0.3 is 6.18 Å². The van der Waals surface area contributed by atoms with Crippen LogP contribution in [-0.4, -0.2) is 23.1 Å². The second kappa shape index (κ2) is 6.30. The van der Waals surface area contributed by atoms with Gasteiger partial charge in [-0.1, -0.05) is 18.6 Å². The van der Waals surface area contributed by atoms with Gasteiger partial charge in [0.2, 0.25) is 0 Å². The number of aromatic nitrogens is 1. The summed E-state index contributed by atoms with van der Waals surface area (Å²) in [7, 11) is 0. The van der Waals surface area contributed by atoms with Crippen LogP contribution < -0.4 is 10.7 Å². The molecule has 1 aromatic carbocycles. The van der Waals surface area contributed by atoms with Gasteiger partial charge in [0.1, 0.15) is 5.69 Å². The first kappa shape index (κ1) is 16.5. The number of pyridine rings is 1. The van der Waals surface area contributed by atoms with Crippen LogP contribution >= 0.6 is 0 Å². The summed E-state index contributed by atoms with van der Waals surface area (Å²) in [5.41, 5.74) is 0.283. The van der Waals surface area contributed by atoms with Gasteiger partial charge in [-0.15, -0.1) is 0 Å². The zero-order chi connectivity index (χ0) is 17.3. The lowest BCUT2D eigenvalue weighted by Gasteiger charge is -2.31. The van der Waals surface area contributed by atoms with Gasteiger partial charge in [0.15, 0.2) is 5.43 Å². The van der Waals surface area contributed by atoms with E-state index in [-0.39, 0.29) is 24.0 Å². The highest BCUT2D eigenvalue weighted by Gasteiger charge is 2.42. The Labute approximate surface area is 136 Å². The van der Waals surface area contributed by atoms with Crippen molar-refractivity contribution in [2.45, 2.75) is 37.9 Å². The van der Waals surface area contributed by atoms with E-state index in [0.29, 0.717) is 23.7 Å². The first-order valence-electron chi connectivity index (χ1n) is 7.84. The molecular weight excluding hydrogens is 321 g/mol. The Hall–Kier alpha value is -2.31. The molecule has 0 radical (unpaired) electrons. The number of hydrogen-bond donors (Lipinski definition) is 2. The normalized spacial score (nSPS) is 21.6. The highest BCUT2D eigenvalue weighted by atomic mass is 19.4. The van der Waals surface area contributed by atoms with Crippen molar-refractivity contribution in [1.82, 2.24) is 10.3 Å². The molecule has 2 atom stereocenters. The molecule has 1 aromatic heterocycles. The molecule has 1 aliphatic carbocycles. The summed E-state index contributed by atoms with van der Waals surface area (Å²) in [5.74, 6) is -1.93. The number of H-pyrrole nitrogens is 1. The Bertz CT molecular complexity index is 813. The molecule has 0 bridgehead atoms. The van der Waals surface area contributed by atoms with Crippen molar-refractivity contribution < 1.29 is 18.0 Å². The maximum Gasteiger partial charge on any atom is 0.391 e. The summed E-state index contributed by atoms with van der Waals surface area (Å²) in [5, 5.41) is 3.08. The summed E-state index contributed by atoms with van der Waals surface area (Å²) < 4.78 is 38.5. The second-order valence-electron chi connectivity index (χ2n) is 6.17. The molecule has 24 heavy (non-hydrogen) atoms. The van der Waals surface area contributed by atoms with Crippen LogP contribution in [0.3, 0.4) is 0 Å². The predicted octanol–water partition coefficient (Wildman–Crippen LogP) is 3.38. The van der Waals surface area contributed by atoms with Crippen molar-refractivity contribution in [3.05, 3.63) is 46.2 Å². The van der Waals surface area contributed by atoms with Crippen molar-refractivity contribution in [2.75, 3.05) is 0 Å². The monoisotopic (exact) mass is 338 g/mol. The zero-order valence-corrected chi connectivity index (χ0v) is 12.8. The van der Waals surface area contributed by atoms with Crippen molar-refractivity contribution in [3.63, 3.8) is 0 Å². The Morgan fingerprint density at radius 2 is 1.96 bits per heavy atom. The summed E-state index contributed by atoms with van der Waals surface area (Å²) in [6, 6.07) is 7.42. The number of alkyl halides is 3. The molecule has 2 N–H and O–H groups in total. The number of rotatable bonds is 2. The Kier molecular flexibility index (Phi) is 4.34. The maximum absolute atomic E-state index is 12.8. The third-order valence-electron chi connectivity index (χ3n) is 4.45. The summed E-state index contributed by atoms with van der Waals surface area (Å²) in [4.78, 5) is 27.2. The fraction of sp³-hybridized carbons (Fsp3) is 0.412. The molecule has 0 aliphatic heterocycles. The fourth-order valence-corrected chi connectivity index (χ4v) is 3.20. The number of nitrogens with one attached hydrogen (secondary N) is 2. The van der Waals surface area contributed by atoms with Crippen LogP contribution in [0.1, 0.15) is 36.2 Å². The number of fused-ring (bicyclic) bond motifs is 1. The molecule has 1 heterocycles. The van der Waals surface area contributed by atoms with Crippen LogP contribution in [0.2, 0.25) is 0 Å². The number of amides is 1. The van der Waals surface area contributed by atoms with Crippen molar-refractivity contribution in [2.24, 2.45) is 5.92 Å². The topological polar surface area (TPSA) is 62.0 Å². The van der Waals surface area contributed by atoms with Crippen LogP contribution in [0.15, 0.2) is 35.1 Å². The largest absolute Gasteiger partial charge is 0.391 e. The van der Waals surface area contributed by atoms with Gasteiger partial charge in [-0.3, -0.25) is 9.59 Å². The maximum atomic E-state index is 12.8. The smallest absolute Gasteiger partial charge is 0.350 e. The lowest BCUT2D eigenvalue weighted by atomic mass is 9.85. The Balaban J connectivity index is 1.77. The van der Waals surface area contributed by atoms with Gasteiger partial charge in [0.05, 0.1) is 5.92 Å². The number of para-hydroxylation sites is 1. The molecule has 1 aliphatic rings. The lowest BCUT2D eigenvalue weighted by molar-refractivity contribution is -0.183. The van der Waals surface area contributed by atoms with Gasteiger partial charge in [0.25, 0.3) is 5.91 Å². The van der Waals surface area contributed by atoms with E-state index in [9.17, 15) is 22.8 Å². The zero-order valence-electron chi connectivity index (χ0n) is 12.8. The third kappa shape index (κ3) is 3.44. The molecular formula is C17H17F3N2O2. The van der Waals surface area contributed by atoms with Gasteiger partial charge in [-0.25, -0.2) is 0 Å². The molecule has 4 nitrogen and oxygen atoms in total. The highest BCUT2D eigenvalue weighted by molar-refractivity contribution is 5.95. The minimum Gasteiger partial charge on any atom is -0.350 e. The van der Waals surface area contributed by atoms with Crippen LogP contribution in [0.25, 0.3) is 10.9 Å². The molecule has 7 heteroatoms. The lowest BCUT2D eigenvalue weighted by Crippen LogP contribution is -2.42. The number of carbonyl (C=O) groups is 1. The van der Waals surface area contributed by atoms with Gasteiger partial charge in [-0.2, -0.15) is 13.2 Å². The van der Waals surface area contributed by atoms with Crippen LogP contribution in [0, 0.1) is 5.92 Å². The SMILES string of the molecule is O=C(N[C@@H]1CCC[C@@H](C(F)(F)F)C1)c1cc(=O)c2ccccc2[nH]1.